The molecule has 4 unspecified atom stereocenters. The summed E-state index contributed by atoms with van der Waals surface area (Å²) in [6.07, 6.45) is -1.17. The smallest absolute Gasteiger partial charge is 0.164 e. The van der Waals surface area contributed by atoms with Crippen LogP contribution in [0.1, 0.15) is 6.23 Å². The molecule has 1 aliphatic rings. The lowest BCUT2D eigenvalue weighted by atomic mass is 10.1. The maximum Gasteiger partial charge on any atom is 0.164 e. The van der Waals surface area contributed by atoms with Gasteiger partial charge in [0.25, 0.3) is 0 Å². The lowest BCUT2D eigenvalue weighted by Crippen LogP contribution is -2.33. The van der Waals surface area contributed by atoms with Crippen LogP contribution in [0.2, 0.25) is 0 Å². The molecule has 0 aliphatic carbocycles. The average molecular weight is 284 g/mol. The zero-order valence-electron chi connectivity index (χ0n) is 9.67. The summed E-state index contributed by atoms with van der Waals surface area (Å²) in [5, 5.41) is 28.8. The van der Waals surface area contributed by atoms with Crippen LogP contribution in [-0.4, -0.2) is 59.8 Å². The van der Waals surface area contributed by atoms with Crippen LogP contribution in [0, 0.1) is 4.64 Å². The van der Waals surface area contributed by atoms with Gasteiger partial charge in [-0.3, -0.25) is 4.57 Å². The Morgan fingerprint density at radius 3 is 2.84 bits per heavy atom. The Bertz CT molecular complexity index is 656. The monoisotopic (exact) mass is 284 g/mol. The lowest BCUT2D eigenvalue weighted by Gasteiger charge is -2.16. The van der Waals surface area contributed by atoms with E-state index in [1.54, 1.807) is 0 Å². The zero-order chi connectivity index (χ0) is 13.6. The van der Waals surface area contributed by atoms with Crippen LogP contribution in [0.25, 0.3) is 11.2 Å². The fourth-order valence-electron chi connectivity index (χ4n) is 2.19. The van der Waals surface area contributed by atoms with Gasteiger partial charge in [0, 0.05) is 0 Å². The number of imidazole rings is 1. The second-order valence-corrected chi connectivity index (χ2v) is 4.67. The van der Waals surface area contributed by atoms with Crippen molar-refractivity contribution in [3.05, 3.63) is 17.3 Å². The number of aromatic amines is 1. The number of rotatable bonds is 2. The third-order valence-electron chi connectivity index (χ3n) is 3.17. The molecule has 0 radical (unpaired) electrons. The third kappa shape index (κ3) is 1.86. The summed E-state index contributed by atoms with van der Waals surface area (Å²) in [5.74, 6) is 0. The van der Waals surface area contributed by atoms with Crippen molar-refractivity contribution in [2.75, 3.05) is 6.61 Å². The summed E-state index contributed by atoms with van der Waals surface area (Å²) in [7, 11) is 0. The molecule has 1 aliphatic heterocycles. The summed E-state index contributed by atoms with van der Waals surface area (Å²) >= 11 is 5.12. The van der Waals surface area contributed by atoms with E-state index in [0.29, 0.717) is 15.8 Å². The van der Waals surface area contributed by atoms with Gasteiger partial charge in [-0.05, 0) is 0 Å². The van der Waals surface area contributed by atoms with Gasteiger partial charge in [-0.2, -0.15) is 0 Å². The van der Waals surface area contributed by atoms with Gasteiger partial charge >= 0.3 is 0 Å². The van der Waals surface area contributed by atoms with Gasteiger partial charge in [-0.1, -0.05) is 12.2 Å². The van der Waals surface area contributed by atoms with Gasteiger partial charge in [0.05, 0.1) is 19.3 Å². The van der Waals surface area contributed by atoms with Gasteiger partial charge in [0.15, 0.2) is 16.5 Å². The number of hydrogen-bond acceptors (Lipinski definition) is 7. The van der Waals surface area contributed by atoms with E-state index in [2.05, 4.69) is 15.0 Å². The molecule has 3 heterocycles. The van der Waals surface area contributed by atoms with Crippen molar-refractivity contribution >= 4 is 23.4 Å². The molecule has 19 heavy (non-hydrogen) atoms. The molecule has 2 aromatic rings. The number of aliphatic hydroxyl groups excluding tert-OH is 3. The van der Waals surface area contributed by atoms with E-state index in [1.807, 2.05) is 0 Å². The van der Waals surface area contributed by atoms with Gasteiger partial charge in [-0.15, -0.1) is 0 Å². The first-order valence-corrected chi connectivity index (χ1v) is 6.07. The van der Waals surface area contributed by atoms with Crippen molar-refractivity contribution in [3.63, 3.8) is 0 Å². The lowest BCUT2D eigenvalue weighted by molar-refractivity contribution is -0.0509. The number of ether oxygens (including phenoxy) is 1. The molecule has 2 aromatic heterocycles. The van der Waals surface area contributed by atoms with Crippen molar-refractivity contribution in [1.82, 2.24) is 19.5 Å². The molecule has 9 heteroatoms. The minimum atomic E-state index is -1.18. The van der Waals surface area contributed by atoms with Crippen LogP contribution in [0.15, 0.2) is 12.7 Å². The van der Waals surface area contributed by atoms with Crippen LogP contribution in [-0.2, 0) is 4.74 Å². The van der Waals surface area contributed by atoms with Crippen molar-refractivity contribution in [2.45, 2.75) is 24.5 Å². The molecule has 8 nitrogen and oxygen atoms in total. The second-order valence-electron chi connectivity index (χ2n) is 4.29. The number of aromatic nitrogens is 4. The Morgan fingerprint density at radius 2 is 2.16 bits per heavy atom. The summed E-state index contributed by atoms with van der Waals surface area (Å²) in [4.78, 5) is 10.9. The molecule has 102 valence electrons. The number of hydrogen-bond donors (Lipinski definition) is 4. The zero-order valence-corrected chi connectivity index (χ0v) is 10.5. The van der Waals surface area contributed by atoms with Gasteiger partial charge in [-0.25, -0.2) is 9.97 Å². The molecule has 1 fully saturated rings. The van der Waals surface area contributed by atoms with Gasteiger partial charge < -0.3 is 25.0 Å². The topological polar surface area (TPSA) is 116 Å². The summed E-state index contributed by atoms with van der Waals surface area (Å²) in [6.45, 7) is -0.382. The number of aliphatic hydroxyl groups is 3. The minimum absolute atomic E-state index is 0.309. The minimum Gasteiger partial charge on any atom is -0.394 e. The predicted molar refractivity (Wildman–Crippen MR) is 65.7 cm³/mol. The third-order valence-corrected chi connectivity index (χ3v) is 3.47. The van der Waals surface area contributed by atoms with Crippen molar-refractivity contribution in [2.24, 2.45) is 0 Å². The first kappa shape index (κ1) is 12.6. The summed E-state index contributed by atoms with van der Waals surface area (Å²) in [5.41, 5.74) is 1.02. The first-order valence-electron chi connectivity index (χ1n) is 5.66. The molecular weight excluding hydrogens is 272 g/mol. The van der Waals surface area contributed by atoms with Crippen molar-refractivity contribution in [1.29, 1.82) is 0 Å². The Kier molecular flexibility index (Phi) is 3.07. The van der Waals surface area contributed by atoms with E-state index in [1.165, 1.54) is 17.2 Å². The molecular formula is C10H12N4O4S. The summed E-state index contributed by atoms with van der Waals surface area (Å²) in [6, 6.07) is 0. The number of H-pyrrole nitrogens is 1. The number of fused-ring (bicyclic) bond motifs is 1. The quantitative estimate of drug-likeness (QED) is 0.528. The molecule has 1 saturated heterocycles. The fourth-order valence-corrected chi connectivity index (χ4v) is 2.45. The summed E-state index contributed by atoms with van der Waals surface area (Å²) < 4.78 is 7.24. The maximum absolute atomic E-state index is 9.98. The fraction of sp³-hybridized carbons (Fsp3) is 0.500. The Balaban J connectivity index is 2.08. The maximum atomic E-state index is 9.98. The SMILES string of the molecule is OCC1OC(n2cnc3[nH]cnc(=S)c32)C(O)C1O. The standard InChI is InChI=1S/C10H12N4O4S/c15-1-4-6(16)7(17)10(18-4)14-3-13-8-5(14)9(19)12-2-11-8/h2-4,6-7,10,15-17H,1H2,(H,11,12,19). The first-order chi connectivity index (χ1) is 9.13. The second kappa shape index (κ2) is 4.62. The number of nitrogens with zero attached hydrogens (tertiary/aromatic N) is 3. The molecule has 4 N–H and O–H groups in total. The highest BCUT2D eigenvalue weighted by molar-refractivity contribution is 7.71. The van der Waals surface area contributed by atoms with Gasteiger partial charge in [0.2, 0.25) is 0 Å². The van der Waals surface area contributed by atoms with Gasteiger partial charge in [0.1, 0.15) is 23.8 Å². The van der Waals surface area contributed by atoms with Crippen LogP contribution in [0.5, 0.6) is 0 Å². The normalized spacial score (nSPS) is 31.1. The van der Waals surface area contributed by atoms with Crippen LogP contribution in [0.3, 0.4) is 0 Å². The van der Waals surface area contributed by atoms with E-state index >= 15 is 0 Å². The molecule has 4 atom stereocenters. The molecule has 0 aromatic carbocycles. The Labute approximate surface area is 112 Å². The highest BCUT2D eigenvalue weighted by Crippen LogP contribution is 2.31. The highest BCUT2D eigenvalue weighted by Gasteiger charge is 2.43. The Morgan fingerprint density at radius 1 is 1.37 bits per heavy atom. The van der Waals surface area contributed by atoms with E-state index in [-0.39, 0.29) is 6.61 Å². The average Bonchev–Trinajstić information content (AvgIpc) is 2.94. The van der Waals surface area contributed by atoms with Crippen molar-refractivity contribution < 1.29 is 20.1 Å². The van der Waals surface area contributed by atoms with E-state index < -0.39 is 24.5 Å². The van der Waals surface area contributed by atoms with E-state index in [4.69, 9.17) is 22.1 Å². The molecule has 0 bridgehead atoms. The van der Waals surface area contributed by atoms with Crippen LogP contribution < -0.4 is 0 Å². The largest absolute Gasteiger partial charge is 0.394 e. The van der Waals surface area contributed by atoms with Crippen LogP contribution >= 0.6 is 12.2 Å². The predicted octanol–water partition coefficient (Wildman–Crippen LogP) is -0.900. The molecule has 0 spiro atoms. The molecule has 0 saturated carbocycles. The van der Waals surface area contributed by atoms with E-state index in [9.17, 15) is 10.2 Å². The van der Waals surface area contributed by atoms with E-state index in [0.717, 1.165) is 0 Å². The Hall–Kier alpha value is -1.39. The van der Waals surface area contributed by atoms with Crippen LogP contribution in [0.4, 0.5) is 0 Å². The van der Waals surface area contributed by atoms with Crippen molar-refractivity contribution in [3.8, 4) is 0 Å². The molecule has 0 amide bonds. The molecule has 3 rings (SSSR count). The number of nitrogens with one attached hydrogen (secondary N) is 1. The highest BCUT2D eigenvalue weighted by atomic mass is 32.1.